The molecule has 0 aromatic rings. The standard InChI is InChI=1S/C14H21NO3/c1-2-3-7-12(16)15-11-14(10-13(17)18)8-5-4-6-9-14/h1H,3-11H2,(H,15,16)(H,17,18). The zero-order valence-corrected chi connectivity index (χ0v) is 10.7. The lowest BCUT2D eigenvalue weighted by atomic mass is 9.71. The minimum Gasteiger partial charge on any atom is -0.481 e. The highest BCUT2D eigenvalue weighted by atomic mass is 16.4. The van der Waals surface area contributed by atoms with Crippen LogP contribution in [0.2, 0.25) is 0 Å². The van der Waals surface area contributed by atoms with Crippen LogP contribution >= 0.6 is 0 Å². The summed E-state index contributed by atoms with van der Waals surface area (Å²) in [6, 6.07) is 0. The zero-order valence-electron chi connectivity index (χ0n) is 10.7. The molecule has 0 aromatic carbocycles. The van der Waals surface area contributed by atoms with Crippen molar-refractivity contribution < 1.29 is 14.7 Å². The summed E-state index contributed by atoms with van der Waals surface area (Å²) in [6.07, 6.45) is 11.0. The fraction of sp³-hybridized carbons (Fsp3) is 0.714. The lowest BCUT2D eigenvalue weighted by Gasteiger charge is -2.36. The van der Waals surface area contributed by atoms with E-state index in [1.165, 1.54) is 0 Å². The number of rotatable bonds is 6. The van der Waals surface area contributed by atoms with Crippen molar-refractivity contribution in [1.82, 2.24) is 5.32 Å². The average Bonchev–Trinajstić information content (AvgIpc) is 2.34. The van der Waals surface area contributed by atoms with Crippen LogP contribution in [0.4, 0.5) is 0 Å². The van der Waals surface area contributed by atoms with E-state index in [4.69, 9.17) is 11.5 Å². The smallest absolute Gasteiger partial charge is 0.303 e. The zero-order chi connectivity index (χ0) is 13.4. The molecule has 1 fully saturated rings. The summed E-state index contributed by atoms with van der Waals surface area (Å²) in [4.78, 5) is 22.5. The van der Waals surface area contributed by atoms with Crippen LogP contribution in [0.15, 0.2) is 0 Å². The summed E-state index contributed by atoms with van der Waals surface area (Å²) >= 11 is 0. The third-order valence-corrected chi connectivity index (χ3v) is 3.60. The van der Waals surface area contributed by atoms with Crippen molar-refractivity contribution in [2.75, 3.05) is 6.54 Å². The van der Waals surface area contributed by atoms with Crippen molar-refractivity contribution >= 4 is 11.9 Å². The molecule has 0 atom stereocenters. The number of carbonyl (C=O) groups excluding carboxylic acids is 1. The summed E-state index contributed by atoms with van der Waals surface area (Å²) in [5, 5.41) is 11.8. The first-order chi connectivity index (χ1) is 8.58. The molecule has 0 unspecified atom stereocenters. The van der Waals surface area contributed by atoms with Crippen molar-refractivity contribution in [3.63, 3.8) is 0 Å². The number of carboxylic acids is 1. The Bertz CT molecular complexity index is 337. The Hall–Kier alpha value is -1.50. The molecule has 4 heteroatoms. The molecule has 100 valence electrons. The van der Waals surface area contributed by atoms with E-state index in [1.54, 1.807) is 0 Å². The van der Waals surface area contributed by atoms with Crippen LogP contribution in [0.25, 0.3) is 0 Å². The second-order valence-corrected chi connectivity index (χ2v) is 5.11. The topological polar surface area (TPSA) is 66.4 Å². The fourth-order valence-electron chi connectivity index (χ4n) is 2.60. The second kappa shape index (κ2) is 7.05. The molecular formula is C14H21NO3. The molecule has 0 radical (unpaired) electrons. The summed E-state index contributed by atoms with van der Waals surface area (Å²) in [6.45, 7) is 0.461. The van der Waals surface area contributed by atoms with Gasteiger partial charge in [0.2, 0.25) is 5.91 Å². The number of carboxylic acid groups (broad SMARTS) is 1. The second-order valence-electron chi connectivity index (χ2n) is 5.11. The Morgan fingerprint density at radius 1 is 1.28 bits per heavy atom. The molecule has 0 aliphatic heterocycles. The molecule has 1 rings (SSSR count). The SMILES string of the molecule is C#CCCC(=O)NCC1(CC(=O)O)CCCCC1. The van der Waals surface area contributed by atoms with E-state index < -0.39 is 5.97 Å². The predicted octanol–water partition coefficient (Wildman–Crippen LogP) is 1.94. The van der Waals surface area contributed by atoms with Gasteiger partial charge in [-0.2, -0.15) is 0 Å². The number of carbonyl (C=O) groups is 2. The molecule has 1 aliphatic rings. The Kier molecular flexibility index (Phi) is 5.70. The highest BCUT2D eigenvalue weighted by Gasteiger charge is 2.34. The largest absolute Gasteiger partial charge is 0.481 e. The molecule has 0 bridgehead atoms. The van der Waals surface area contributed by atoms with E-state index in [9.17, 15) is 9.59 Å². The van der Waals surface area contributed by atoms with Gasteiger partial charge in [0.15, 0.2) is 0 Å². The van der Waals surface area contributed by atoms with Gasteiger partial charge >= 0.3 is 5.97 Å². The first kappa shape index (κ1) is 14.6. The Morgan fingerprint density at radius 3 is 2.50 bits per heavy atom. The van der Waals surface area contributed by atoms with Crippen LogP contribution in [0, 0.1) is 17.8 Å². The molecule has 1 aliphatic carbocycles. The van der Waals surface area contributed by atoms with E-state index in [2.05, 4.69) is 11.2 Å². The van der Waals surface area contributed by atoms with Crippen LogP contribution in [0.5, 0.6) is 0 Å². The van der Waals surface area contributed by atoms with E-state index in [-0.39, 0.29) is 17.7 Å². The van der Waals surface area contributed by atoms with Gasteiger partial charge in [-0.1, -0.05) is 19.3 Å². The Labute approximate surface area is 108 Å². The minimum absolute atomic E-state index is 0.0803. The summed E-state index contributed by atoms with van der Waals surface area (Å²) in [5.74, 6) is 1.56. The molecular weight excluding hydrogens is 230 g/mol. The van der Waals surface area contributed by atoms with E-state index in [1.807, 2.05) is 0 Å². The van der Waals surface area contributed by atoms with Crippen LogP contribution in [-0.2, 0) is 9.59 Å². The van der Waals surface area contributed by atoms with Crippen molar-refractivity contribution in [2.45, 2.75) is 51.4 Å². The quantitative estimate of drug-likeness (QED) is 0.709. The van der Waals surface area contributed by atoms with Crippen LogP contribution in [0.3, 0.4) is 0 Å². The number of hydrogen-bond donors (Lipinski definition) is 2. The van der Waals surface area contributed by atoms with E-state index in [0.717, 1.165) is 32.1 Å². The fourth-order valence-corrected chi connectivity index (χ4v) is 2.60. The third kappa shape index (κ3) is 4.79. The van der Waals surface area contributed by atoms with E-state index >= 15 is 0 Å². The van der Waals surface area contributed by atoms with Gasteiger partial charge in [0, 0.05) is 19.4 Å². The first-order valence-corrected chi connectivity index (χ1v) is 6.50. The Morgan fingerprint density at radius 2 is 1.94 bits per heavy atom. The minimum atomic E-state index is -0.783. The maximum Gasteiger partial charge on any atom is 0.303 e. The maximum absolute atomic E-state index is 11.5. The molecule has 1 amide bonds. The summed E-state index contributed by atoms with van der Waals surface area (Å²) < 4.78 is 0. The first-order valence-electron chi connectivity index (χ1n) is 6.50. The lowest BCUT2D eigenvalue weighted by Crippen LogP contribution is -2.40. The molecule has 0 saturated heterocycles. The summed E-state index contributed by atoms with van der Waals surface area (Å²) in [5.41, 5.74) is -0.254. The third-order valence-electron chi connectivity index (χ3n) is 3.60. The molecule has 0 aromatic heterocycles. The molecule has 0 heterocycles. The van der Waals surface area contributed by atoms with Crippen LogP contribution in [0.1, 0.15) is 51.4 Å². The van der Waals surface area contributed by atoms with Gasteiger partial charge in [0.25, 0.3) is 0 Å². The molecule has 18 heavy (non-hydrogen) atoms. The molecule has 2 N–H and O–H groups in total. The van der Waals surface area contributed by atoms with Gasteiger partial charge in [-0.05, 0) is 18.3 Å². The maximum atomic E-state index is 11.5. The van der Waals surface area contributed by atoms with Gasteiger partial charge in [-0.25, -0.2) is 0 Å². The molecule has 1 saturated carbocycles. The number of aliphatic carboxylic acids is 1. The number of amides is 1. The lowest BCUT2D eigenvalue weighted by molar-refractivity contribution is -0.140. The molecule has 4 nitrogen and oxygen atoms in total. The van der Waals surface area contributed by atoms with Gasteiger partial charge in [0.1, 0.15) is 0 Å². The number of nitrogens with one attached hydrogen (secondary N) is 1. The Balaban J connectivity index is 2.48. The van der Waals surface area contributed by atoms with E-state index in [0.29, 0.717) is 19.4 Å². The number of hydrogen-bond acceptors (Lipinski definition) is 2. The van der Waals surface area contributed by atoms with Crippen molar-refractivity contribution in [1.29, 1.82) is 0 Å². The monoisotopic (exact) mass is 251 g/mol. The van der Waals surface area contributed by atoms with Crippen molar-refractivity contribution in [2.24, 2.45) is 5.41 Å². The summed E-state index contributed by atoms with van der Waals surface area (Å²) in [7, 11) is 0. The van der Waals surface area contributed by atoms with Crippen LogP contribution in [-0.4, -0.2) is 23.5 Å². The predicted molar refractivity (Wildman–Crippen MR) is 68.8 cm³/mol. The van der Waals surface area contributed by atoms with Crippen LogP contribution < -0.4 is 5.32 Å². The molecule has 0 spiro atoms. The van der Waals surface area contributed by atoms with Crippen molar-refractivity contribution in [3.05, 3.63) is 0 Å². The highest BCUT2D eigenvalue weighted by Crippen LogP contribution is 2.38. The van der Waals surface area contributed by atoms with Gasteiger partial charge in [-0.15, -0.1) is 12.3 Å². The van der Waals surface area contributed by atoms with Gasteiger partial charge in [0.05, 0.1) is 6.42 Å². The number of terminal acetylenes is 1. The highest BCUT2D eigenvalue weighted by molar-refractivity contribution is 5.76. The normalized spacial score (nSPS) is 17.7. The van der Waals surface area contributed by atoms with Gasteiger partial charge < -0.3 is 10.4 Å². The van der Waals surface area contributed by atoms with Crippen molar-refractivity contribution in [3.8, 4) is 12.3 Å². The average molecular weight is 251 g/mol. The van der Waals surface area contributed by atoms with Gasteiger partial charge in [-0.3, -0.25) is 9.59 Å².